The number of hydrogen-bond donors (Lipinski definition) is 0. The largest absolute Gasteiger partial charge is 0.163 e. The molecule has 146 valence electrons. The topological polar surface area (TPSA) is 0 Å². The Morgan fingerprint density at radius 2 is 0.862 bits per heavy atom. The third kappa shape index (κ3) is 4.29. The molecular formula is C27H26S2. The molecule has 0 N–H and O–H groups in total. The van der Waals surface area contributed by atoms with Crippen molar-refractivity contribution in [3.63, 3.8) is 0 Å². The number of hydrogen-bond acceptors (Lipinski definition) is 1. The van der Waals surface area contributed by atoms with Crippen molar-refractivity contribution < 1.29 is 0 Å². The van der Waals surface area contributed by atoms with Crippen molar-refractivity contribution in [1.82, 2.24) is 0 Å². The van der Waals surface area contributed by atoms with Crippen LogP contribution >= 0.6 is 21.8 Å². The van der Waals surface area contributed by atoms with Gasteiger partial charge in [-0.2, -0.15) is 10.0 Å². The molecule has 1 atom stereocenters. The molecule has 0 saturated carbocycles. The zero-order valence-corrected chi connectivity index (χ0v) is 18.8. The first kappa shape index (κ1) is 19.9. The van der Waals surface area contributed by atoms with Gasteiger partial charge in [0, 0.05) is 9.79 Å². The minimum absolute atomic E-state index is 1.27. The van der Waals surface area contributed by atoms with Crippen molar-refractivity contribution in [2.75, 3.05) is 6.26 Å². The van der Waals surface area contributed by atoms with E-state index in [1.165, 1.54) is 35.6 Å². The molecule has 0 saturated heterocycles. The molecule has 0 nitrogen and oxygen atoms in total. The van der Waals surface area contributed by atoms with Crippen LogP contribution in [0.15, 0.2) is 128 Å². The summed E-state index contributed by atoms with van der Waals surface area (Å²) in [4.78, 5) is 6.73. The summed E-state index contributed by atoms with van der Waals surface area (Å²) in [6.45, 7) is 4.28. The Morgan fingerprint density at radius 3 is 1.38 bits per heavy atom. The van der Waals surface area contributed by atoms with E-state index in [2.05, 4.69) is 123 Å². The van der Waals surface area contributed by atoms with Crippen LogP contribution in [-0.4, -0.2) is 6.26 Å². The highest BCUT2D eigenvalue weighted by molar-refractivity contribution is 8.33. The van der Waals surface area contributed by atoms with Gasteiger partial charge < -0.3 is 0 Å². The molecule has 0 amide bonds. The lowest BCUT2D eigenvalue weighted by Crippen LogP contribution is -2.01. The molecule has 4 aromatic carbocycles. The predicted octanol–water partition coefficient (Wildman–Crippen LogP) is 8.37. The Labute approximate surface area is 180 Å². The molecule has 2 heteroatoms. The molecule has 0 radical (unpaired) electrons. The maximum Gasteiger partial charge on any atom is 0.0123 e. The average molecular weight is 415 g/mol. The quantitative estimate of drug-likeness (QED) is 0.316. The lowest BCUT2D eigenvalue weighted by Gasteiger charge is -2.37. The van der Waals surface area contributed by atoms with Crippen molar-refractivity contribution in [2.24, 2.45) is 0 Å². The van der Waals surface area contributed by atoms with E-state index < -0.39 is 10.0 Å². The monoisotopic (exact) mass is 414 g/mol. The predicted molar refractivity (Wildman–Crippen MR) is 128 cm³/mol. The standard InChI is InChI=1S/C27H26S2/c1-21-9-13-23(14-10-21)28-24-15-19-27(20-16-24)29(3,25-7-5-4-6-8-25)26-17-11-22(2)12-18-26/h4-20H,1-3H3. The Bertz CT molecular complexity index is 1070. The molecule has 1 unspecified atom stereocenters. The van der Waals surface area contributed by atoms with Crippen LogP contribution in [0.1, 0.15) is 11.1 Å². The molecule has 0 bridgehead atoms. The molecule has 0 aliphatic heterocycles. The summed E-state index contributed by atoms with van der Waals surface area (Å²) in [5.74, 6) is 0. The molecule has 0 aliphatic carbocycles. The highest BCUT2D eigenvalue weighted by Gasteiger charge is 2.25. The van der Waals surface area contributed by atoms with E-state index in [0.717, 1.165) is 0 Å². The first-order chi connectivity index (χ1) is 14.1. The molecule has 0 aromatic heterocycles. The molecule has 4 rings (SSSR count). The third-order valence-electron chi connectivity index (χ3n) is 5.26. The zero-order valence-electron chi connectivity index (χ0n) is 17.1. The molecule has 4 aromatic rings. The number of aryl methyl sites for hydroxylation is 2. The van der Waals surface area contributed by atoms with E-state index >= 15 is 0 Å². The molecule has 29 heavy (non-hydrogen) atoms. The van der Waals surface area contributed by atoms with Crippen molar-refractivity contribution in [2.45, 2.75) is 38.3 Å². The number of rotatable bonds is 5. The van der Waals surface area contributed by atoms with E-state index in [1.54, 1.807) is 0 Å². The molecular weight excluding hydrogens is 388 g/mol. The van der Waals surface area contributed by atoms with Crippen LogP contribution < -0.4 is 0 Å². The smallest absolute Gasteiger partial charge is 0.0123 e. The van der Waals surface area contributed by atoms with Gasteiger partial charge in [0.2, 0.25) is 0 Å². The van der Waals surface area contributed by atoms with Gasteiger partial charge in [-0.25, -0.2) is 0 Å². The van der Waals surface area contributed by atoms with Gasteiger partial charge in [0.1, 0.15) is 0 Å². The Hall–Kier alpha value is -2.42. The third-order valence-corrected chi connectivity index (χ3v) is 9.92. The van der Waals surface area contributed by atoms with Gasteiger partial charge in [0.05, 0.1) is 0 Å². The van der Waals surface area contributed by atoms with Crippen molar-refractivity contribution in [3.8, 4) is 0 Å². The lowest BCUT2D eigenvalue weighted by atomic mass is 10.2. The van der Waals surface area contributed by atoms with Gasteiger partial charge in [-0.3, -0.25) is 0 Å². The van der Waals surface area contributed by atoms with Crippen molar-refractivity contribution in [1.29, 1.82) is 0 Å². The van der Waals surface area contributed by atoms with E-state index in [4.69, 9.17) is 0 Å². The summed E-state index contributed by atoms with van der Waals surface area (Å²) in [6, 6.07) is 37.9. The first-order valence-electron chi connectivity index (χ1n) is 9.80. The van der Waals surface area contributed by atoms with Gasteiger partial charge >= 0.3 is 0 Å². The summed E-state index contributed by atoms with van der Waals surface area (Å²) in [7, 11) is -1.30. The van der Waals surface area contributed by atoms with Gasteiger partial charge in [-0.15, -0.1) is 0 Å². The van der Waals surface area contributed by atoms with Crippen LogP contribution in [0.25, 0.3) is 0 Å². The average Bonchev–Trinajstić information content (AvgIpc) is 2.76. The van der Waals surface area contributed by atoms with Gasteiger partial charge in [0.25, 0.3) is 0 Å². The second-order valence-corrected chi connectivity index (χ2v) is 11.8. The lowest BCUT2D eigenvalue weighted by molar-refractivity contribution is 1.26. The van der Waals surface area contributed by atoms with Gasteiger partial charge in [0.15, 0.2) is 0 Å². The first-order valence-corrected chi connectivity index (χ1v) is 12.7. The molecule has 0 spiro atoms. The van der Waals surface area contributed by atoms with Crippen molar-refractivity contribution >= 4 is 21.8 Å². The Kier molecular flexibility index (Phi) is 5.84. The maximum absolute atomic E-state index is 2.41. The van der Waals surface area contributed by atoms with Crippen LogP contribution in [0.5, 0.6) is 0 Å². The van der Waals surface area contributed by atoms with E-state index in [-0.39, 0.29) is 0 Å². The zero-order chi connectivity index (χ0) is 20.3. The molecule has 0 aliphatic rings. The van der Waals surface area contributed by atoms with Crippen LogP contribution in [0.2, 0.25) is 0 Å². The highest BCUT2D eigenvalue weighted by atomic mass is 32.3. The number of benzene rings is 4. The van der Waals surface area contributed by atoms with Gasteiger partial charge in [-0.1, -0.05) is 65.4 Å². The summed E-state index contributed by atoms with van der Waals surface area (Å²) in [5, 5.41) is 0. The minimum Gasteiger partial charge on any atom is -0.163 e. The Balaban J connectivity index is 1.71. The maximum atomic E-state index is 2.41. The van der Waals surface area contributed by atoms with Crippen molar-refractivity contribution in [3.05, 3.63) is 114 Å². The van der Waals surface area contributed by atoms with Crippen LogP contribution in [0, 0.1) is 13.8 Å². The van der Waals surface area contributed by atoms with Crippen LogP contribution in [-0.2, 0) is 0 Å². The normalized spacial score (nSPS) is 14.2. The van der Waals surface area contributed by atoms with Crippen LogP contribution in [0.3, 0.4) is 0 Å². The summed E-state index contributed by atoms with van der Waals surface area (Å²) in [5.41, 5.74) is 2.60. The molecule has 0 heterocycles. The summed E-state index contributed by atoms with van der Waals surface area (Å²) in [6.07, 6.45) is 2.41. The van der Waals surface area contributed by atoms with E-state index in [1.807, 2.05) is 11.8 Å². The molecule has 0 fully saturated rings. The summed E-state index contributed by atoms with van der Waals surface area (Å²) >= 11 is 1.82. The van der Waals surface area contributed by atoms with Crippen LogP contribution in [0.4, 0.5) is 0 Å². The highest BCUT2D eigenvalue weighted by Crippen LogP contribution is 2.65. The second kappa shape index (κ2) is 8.52. The SMILES string of the molecule is Cc1ccc(Sc2ccc(S(C)(c3ccccc3)c3ccc(C)cc3)cc2)cc1. The minimum atomic E-state index is -1.30. The van der Waals surface area contributed by atoms with E-state index in [9.17, 15) is 0 Å². The Morgan fingerprint density at radius 1 is 0.483 bits per heavy atom. The fraction of sp³-hybridized carbons (Fsp3) is 0.111. The fourth-order valence-corrected chi connectivity index (χ4v) is 7.13. The van der Waals surface area contributed by atoms with E-state index in [0.29, 0.717) is 0 Å². The second-order valence-electron chi connectivity index (χ2n) is 7.43. The summed E-state index contributed by atoms with van der Waals surface area (Å²) < 4.78 is 0. The van der Waals surface area contributed by atoms with Gasteiger partial charge in [-0.05, 0) is 95.5 Å². The fourth-order valence-electron chi connectivity index (χ4n) is 3.43.